The van der Waals surface area contributed by atoms with Crippen molar-refractivity contribution >= 4 is 19.5 Å². The molecule has 0 bridgehead atoms. The third-order valence-corrected chi connectivity index (χ3v) is 2.88. The van der Waals surface area contributed by atoms with Crippen LogP contribution in [0, 0.1) is 0 Å². The van der Waals surface area contributed by atoms with Gasteiger partial charge in [0.05, 0.1) is 18.7 Å². The minimum atomic E-state index is -5.39. The highest BCUT2D eigenvalue weighted by molar-refractivity contribution is 7.40. The van der Waals surface area contributed by atoms with Gasteiger partial charge in [0.15, 0.2) is 0 Å². The summed E-state index contributed by atoms with van der Waals surface area (Å²) >= 11 is 0. The third kappa shape index (κ3) is 11.4. The van der Waals surface area contributed by atoms with Crippen LogP contribution >= 0.6 is 7.82 Å². The molecule has 0 unspecified atom stereocenters. The first kappa shape index (κ1) is 20.7. The van der Waals surface area contributed by atoms with E-state index < -0.39 is 7.82 Å². The van der Waals surface area contributed by atoms with Gasteiger partial charge in [0.2, 0.25) is 0 Å². The van der Waals surface area contributed by atoms with Crippen molar-refractivity contribution in [2.45, 2.75) is 13.8 Å². The van der Waals surface area contributed by atoms with E-state index in [-0.39, 0.29) is 5.97 Å². The number of likely N-dealkylation sites (N-methyl/N-ethyl adjacent to an activating group) is 1. The molecule has 0 aromatic heterocycles. The van der Waals surface area contributed by atoms with Crippen LogP contribution in [0.15, 0.2) is 24.3 Å². The van der Waals surface area contributed by atoms with Crippen molar-refractivity contribution in [2.24, 2.45) is 0 Å². The summed E-state index contributed by atoms with van der Waals surface area (Å²) in [4.78, 5) is 38.7. The molecule has 1 aromatic carbocycles. The first-order chi connectivity index (χ1) is 10.2. The van der Waals surface area contributed by atoms with E-state index in [0.29, 0.717) is 12.2 Å². The Kier molecular flexibility index (Phi) is 9.84. The summed E-state index contributed by atoms with van der Waals surface area (Å²) < 4.78 is 13.8. The van der Waals surface area contributed by atoms with Crippen molar-refractivity contribution in [2.75, 3.05) is 26.2 Å². The van der Waals surface area contributed by atoms with Gasteiger partial charge in [0.1, 0.15) is 18.8 Å². The lowest BCUT2D eigenvalue weighted by molar-refractivity contribution is -0.896. The van der Waals surface area contributed by atoms with E-state index in [9.17, 15) is 4.79 Å². The van der Waals surface area contributed by atoms with E-state index in [1.807, 2.05) is 12.1 Å². The summed E-state index contributed by atoms with van der Waals surface area (Å²) in [6.07, 6.45) is 0. The van der Waals surface area contributed by atoms with Crippen LogP contribution in [0.3, 0.4) is 0 Å². The number of ether oxygens (including phenoxy) is 1. The highest BCUT2D eigenvalue weighted by Gasteiger charge is 2.09. The molecule has 8 nitrogen and oxygen atoms in total. The summed E-state index contributed by atoms with van der Waals surface area (Å²) in [5.41, 5.74) is 5.26. The number of rotatable bonds is 6. The molecule has 126 valence electrons. The molecule has 0 atom stereocenters. The van der Waals surface area contributed by atoms with Crippen molar-refractivity contribution < 1.29 is 39.4 Å². The summed E-state index contributed by atoms with van der Waals surface area (Å²) in [6.45, 7) is 7.73. The first-order valence-corrected chi connectivity index (χ1v) is 8.29. The maximum absolute atomic E-state index is 11.7. The summed E-state index contributed by atoms with van der Waals surface area (Å²) in [6, 6.07) is 7.11. The standard InChI is InChI=1S/C13H20N2O2.H3O4P/c1-3-15(4-2)9-10-17-13(16)11-5-7-12(14)8-6-11;1-5(2,3)4/h5-8H,3-4,9-10,14H2,1-2H3;(H3,1,2,3,4)/p-1. The lowest BCUT2D eigenvalue weighted by Crippen LogP contribution is -3.11. The van der Waals surface area contributed by atoms with Crippen molar-refractivity contribution in [3.8, 4) is 0 Å². The van der Waals surface area contributed by atoms with E-state index in [2.05, 4.69) is 19.6 Å². The smallest absolute Gasteiger partial charge is 0.338 e. The molecular weight excluding hydrogens is 311 g/mol. The zero-order valence-electron chi connectivity index (χ0n) is 12.7. The van der Waals surface area contributed by atoms with Gasteiger partial charge in [-0.15, -0.1) is 0 Å². The minimum Gasteiger partial charge on any atom is -0.822 e. The molecule has 0 aliphatic heterocycles. The maximum Gasteiger partial charge on any atom is 0.338 e. The van der Waals surface area contributed by atoms with E-state index in [1.165, 1.54) is 4.90 Å². The number of hydrogen-bond donors (Lipinski definition) is 2. The molecule has 0 aliphatic rings. The molecule has 9 heteroatoms. The second-order valence-electron chi connectivity index (χ2n) is 4.49. The monoisotopic (exact) mass is 333 g/mol. The largest absolute Gasteiger partial charge is 0.822 e. The van der Waals surface area contributed by atoms with Crippen LogP contribution in [-0.4, -0.2) is 32.2 Å². The zero-order valence-corrected chi connectivity index (χ0v) is 13.6. The Morgan fingerprint density at radius 3 is 2.05 bits per heavy atom. The number of hydrogen-bond acceptors (Lipinski definition) is 6. The number of carbonyl (C=O) groups excluding carboxylic acids is 1. The van der Waals surface area contributed by atoms with Gasteiger partial charge in [0, 0.05) is 0 Å². The summed E-state index contributed by atoms with van der Waals surface area (Å²) in [7, 11) is -5.39. The molecule has 0 fully saturated rings. The van der Waals surface area contributed by atoms with E-state index >= 15 is 0 Å². The highest BCUT2D eigenvalue weighted by atomic mass is 31.2. The lowest BCUT2D eigenvalue weighted by atomic mass is 10.2. The number of quaternary nitrogens is 2. The van der Waals surface area contributed by atoms with E-state index in [4.69, 9.17) is 24.0 Å². The quantitative estimate of drug-likeness (QED) is 0.415. The molecule has 22 heavy (non-hydrogen) atoms. The van der Waals surface area contributed by atoms with Gasteiger partial charge in [0.25, 0.3) is 0 Å². The number of esters is 1. The zero-order chi connectivity index (χ0) is 17.2. The van der Waals surface area contributed by atoms with Crippen molar-refractivity contribution in [3.63, 3.8) is 0 Å². The topological polar surface area (TPSA) is 145 Å². The summed E-state index contributed by atoms with van der Waals surface area (Å²) in [5, 5.41) is 0. The normalized spacial score (nSPS) is 10.9. The van der Waals surface area contributed by atoms with Crippen LogP contribution in [-0.2, 0) is 9.30 Å². The first-order valence-electron chi connectivity index (χ1n) is 6.83. The molecule has 0 heterocycles. The fraction of sp³-hybridized carbons (Fsp3) is 0.462. The Morgan fingerprint density at radius 2 is 1.64 bits per heavy atom. The van der Waals surface area contributed by atoms with Crippen LogP contribution < -0.4 is 25.3 Å². The second kappa shape index (κ2) is 10.4. The van der Waals surface area contributed by atoms with Gasteiger partial charge in [-0.3, -0.25) is 0 Å². The number of benzene rings is 1. The number of nitrogens with one attached hydrogen (secondary N) is 1. The molecule has 0 saturated heterocycles. The van der Waals surface area contributed by atoms with Crippen LogP contribution in [0.2, 0.25) is 0 Å². The van der Waals surface area contributed by atoms with Crippen molar-refractivity contribution in [1.29, 1.82) is 0 Å². The van der Waals surface area contributed by atoms with Crippen LogP contribution in [0.4, 0.5) is 5.69 Å². The van der Waals surface area contributed by atoms with E-state index in [0.717, 1.165) is 25.3 Å². The van der Waals surface area contributed by atoms with Crippen molar-refractivity contribution in [1.82, 2.24) is 0 Å². The Morgan fingerprint density at radius 1 is 1.18 bits per heavy atom. The van der Waals surface area contributed by atoms with Crippen LogP contribution in [0.1, 0.15) is 24.2 Å². The average Bonchev–Trinajstić information content (AvgIpc) is 2.42. The molecule has 0 aliphatic carbocycles. The van der Waals surface area contributed by atoms with Crippen LogP contribution in [0.25, 0.3) is 0 Å². The van der Waals surface area contributed by atoms with Gasteiger partial charge >= 0.3 is 5.97 Å². The van der Waals surface area contributed by atoms with Gasteiger partial charge in [-0.05, 0) is 38.1 Å². The average molecular weight is 333 g/mol. The predicted octanol–water partition coefficient (Wildman–Crippen LogP) is -3.18. The molecule has 0 amide bonds. The number of phosphoric acid groups is 1. The number of carbonyl (C=O) groups is 1. The summed E-state index contributed by atoms with van der Waals surface area (Å²) in [5.74, 6) is -0.253. The van der Waals surface area contributed by atoms with Gasteiger partial charge < -0.3 is 34.6 Å². The van der Waals surface area contributed by atoms with Gasteiger partial charge in [-0.25, -0.2) is 4.79 Å². The molecular formula is C13H22N2O6P-. The Labute approximate surface area is 129 Å². The van der Waals surface area contributed by atoms with Crippen molar-refractivity contribution in [3.05, 3.63) is 29.8 Å². The Hall–Kier alpha value is -1.28. The Bertz CT molecular complexity index is 476. The molecule has 0 saturated carbocycles. The Balaban J connectivity index is 0.000000763. The fourth-order valence-electron chi connectivity index (χ4n) is 1.62. The second-order valence-corrected chi connectivity index (χ2v) is 5.38. The minimum absolute atomic E-state index is 0.253. The SMILES string of the molecule is CC[NH+](CC)CCOC(=O)c1ccc([NH3+])cc1.O=P([O-])([O-])[O-]. The molecule has 1 aromatic rings. The maximum atomic E-state index is 11.7. The molecule has 1 rings (SSSR count). The van der Waals surface area contributed by atoms with Gasteiger partial charge in [-0.1, -0.05) is 0 Å². The highest BCUT2D eigenvalue weighted by Crippen LogP contribution is 2.05. The molecule has 4 N–H and O–H groups in total. The van der Waals surface area contributed by atoms with Crippen LogP contribution in [0.5, 0.6) is 0 Å². The fourth-order valence-corrected chi connectivity index (χ4v) is 1.62. The lowest BCUT2D eigenvalue weighted by Gasteiger charge is -2.36. The van der Waals surface area contributed by atoms with Gasteiger partial charge in [-0.2, -0.15) is 7.82 Å². The third-order valence-electron chi connectivity index (χ3n) is 2.88. The van der Waals surface area contributed by atoms with E-state index in [1.54, 1.807) is 12.1 Å². The predicted molar refractivity (Wildman–Crippen MR) is 73.8 cm³/mol. The molecule has 0 spiro atoms. The molecule has 0 radical (unpaired) electrons.